The summed E-state index contributed by atoms with van der Waals surface area (Å²) >= 11 is 6.13. The molecule has 4 nitrogen and oxygen atoms in total. The zero-order valence-electron chi connectivity index (χ0n) is 14.2. The monoisotopic (exact) mass is 356 g/mol. The highest BCUT2D eigenvalue weighted by Crippen LogP contribution is 2.48. The number of rotatable bonds is 6. The van der Waals surface area contributed by atoms with Crippen LogP contribution in [0.5, 0.6) is 0 Å². The van der Waals surface area contributed by atoms with Crippen LogP contribution in [0.2, 0.25) is 5.02 Å². The van der Waals surface area contributed by atoms with Crippen LogP contribution in [0.3, 0.4) is 0 Å². The highest BCUT2D eigenvalue weighted by Gasteiger charge is 2.57. The van der Waals surface area contributed by atoms with E-state index >= 15 is 0 Å². The number of nitrogens with zero attached hydrogens (tertiary/aromatic N) is 1. The first-order chi connectivity index (χ1) is 12.1. The van der Waals surface area contributed by atoms with Crippen LogP contribution in [0.1, 0.15) is 25.3 Å². The van der Waals surface area contributed by atoms with Crippen molar-refractivity contribution in [2.75, 3.05) is 11.4 Å². The Morgan fingerprint density at radius 3 is 2.32 bits per heavy atom. The van der Waals surface area contributed by atoms with Gasteiger partial charge >= 0.3 is 0 Å². The van der Waals surface area contributed by atoms with Gasteiger partial charge in [-0.1, -0.05) is 48.0 Å². The molecule has 1 saturated carbocycles. The van der Waals surface area contributed by atoms with Crippen molar-refractivity contribution in [3.05, 3.63) is 65.2 Å². The summed E-state index contributed by atoms with van der Waals surface area (Å²) in [6.07, 6.45) is 1.17. The van der Waals surface area contributed by atoms with Gasteiger partial charge in [0.1, 0.15) is 5.41 Å². The zero-order valence-corrected chi connectivity index (χ0v) is 14.9. The van der Waals surface area contributed by atoms with Crippen LogP contribution in [-0.4, -0.2) is 18.4 Å². The first-order valence-corrected chi connectivity index (χ1v) is 8.85. The lowest BCUT2D eigenvalue weighted by atomic mass is 10.0. The summed E-state index contributed by atoms with van der Waals surface area (Å²) in [5, 5.41) is 3.49. The SMILES string of the molecule is CCN(C(=O)C1(C(=O)NCc2ccccc2Cl)CC1)c1ccccc1. The van der Waals surface area contributed by atoms with Crippen LogP contribution < -0.4 is 10.2 Å². The van der Waals surface area contributed by atoms with Crippen molar-refractivity contribution >= 4 is 29.1 Å². The maximum Gasteiger partial charge on any atom is 0.242 e. The van der Waals surface area contributed by atoms with Crippen molar-refractivity contribution in [2.24, 2.45) is 5.41 Å². The number of nitrogens with one attached hydrogen (secondary N) is 1. The molecule has 2 aromatic rings. The van der Waals surface area contributed by atoms with Crippen molar-refractivity contribution in [1.82, 2.24) is 5.32 Å². The number of amides is 2. The van der Waals surface area contributed by atoms with Gasteiger partial charge in [-0.15, -0.1) is 0 Å². The number of para-hydroxylation sites is 1. The number of benzene rings is 2. The van der Waals surface area contributed by atoms with E-state index in [2.05, 4.69) is 5.32 Å². The third kappa shape index (κ3) is 3.54. The lowest BCUT2D eigenvalue weighted by Crippen LogP contribution is -2.45. The van der Waals surface area contributed by atoms with Crippen molar-refractivity contribution in [1.29, 1.82) is 0 Å². The molecule has 1 aliphatic rings. The molecule has 1 N–H and O–H groups in total. The minimum Gasteiger partial charge on any atom is -0.351 e. The van der Waals surface area contributed by atoms with E-state index < -0.39 is 5.41 Å². The van der Waals surface area contributed by atoms with Crippen LogP contribution in [0.25, 0.3) is 0 Å². The Labute approximate surface area is 152 Å². The molecule has 25 heavy (non-hydrogen) atoms. The molecule has 130 valence electrons. The van der Waals surface area contributed by atoms with Gasteiger partial charge in [0.05, 0.1) is 0 Å². The lowest BCUT2D eigenvalue weighted by molar-refractivity contribution is -0.135. The number of anilines is 1. The topological polar surface area (TPSA) is 49.4 Å². The summed E-state index contributed by atoms with van der Waals surface area (Å²) < 4.78 is 0. The van der Waals surface area contributed by atoms with E-state index in [0.29, 0.717) is 31.0 Å². The van der Waals surface area contributed by atoms with Gasteiger partial charge in [0, 0.05) is 23.8 Å². The maximum absolute atomic E-state index is 13.0. The molecule has 1 aliphatic carbocycles. The van der Waals surface area contributed by atoms with Gasteiger partial charge in [-0.2, -0.15) is 0 Å². The Bertz CT molecular complexity index is 772. The van der Waals surface area contributed by atoms with E-state index in [1.807, 2.05) is 55.5 Å². The van der Waals surface area contributed by atoms with Crippen LogP contribution in [0, 0.1) is 5.41 Å². The molecule has 2 amide bonds. The van der Waals surface area contributed by atoms with Crippen LogP contribution >= 0.6 is 11.6 Å². The summed E-state index contributed by atoms with van der Waals surface area (Å²) in [5.41, 5.74) is 0.726. The van der Waals surface area contributed by atoms with Crippen LogP contribution in [0.4, 0.5) is 5.69 Å². The largest absolute Gasteiger partial charge is 0.351 e. The van der Waals surface area contributed by atoms with Gasteiger partial charge in [0.25, 0.3) is 0 Å². The van der Waals surface area contributed by atoms with Crippen molar-refractivity contribution in [3.8, 4) is 0 Å². The molecule has 0 spiro atoms. The Kier molecular flexibility index (Phi) is 5.09. The fourth-order valence-electron chi connectivity index (χ4n) is 2.96. The smallest absolute Gasteiger partial charge is 0.242 e. The standard InChI is InChI=1S/C20H21ClN2O2/c1-2-23(16-9-4-3-5-10-16)19(25)20(12-13-20)18(24)22-14-15-8-6-7-11-17(15)21/h3-11H,2,12-14H2,1H3,(H,22,24). The Balaban J connectivity index is 1.71. The highest BCUT2D eigenvalue weighted by atomic mass is 35.5. The quantitative estimate of drug-likeness (QED) is 0.800. The third-order valence-electron chi connectivity index (χ3n) is 4.62. The summed E-state index contributed by atoms with van der Waals surface area (Å²) in [4.78, 5) is 27.4. The molecule has 0 radical (unpaired) electrons. The van der Waals surface area contributed by atoms with E-state index in [1.165, 1.54) is 0 Å². The minimum atomic E-state index is -0.937. The van der Waals surface area contributed by atoms with Crippen molar-refractivity contribution < 1.29 is 9.59 Å². The zero-order chi connectivity index (χ0) is 17.9. The fourth-order valence-corrected chi connectivity index (χ4v) is 3.16. The van der Waals surface area contributed by atoms with E-state index in [4.69, 9.17) is 11.6 Å². The fraction of sp³-hybridized carbons (Fsp3) is 0.300. The first kappa shape index (κ1) is 17.5. The number of carbonyl (C=O) groups is 2. The van der Waals surface area contributed by atoms with E-state index in [9.17, 15) is 9.59 Å². The number of hydrogen-bond donors (Lipinski definition) is 1. The van der Waals surface area contributed by atoms with Crippen molar-refractivity contribution in [2.45, 2.75) is 26.3 Å². The van der Waals surface area contributed by atoms with Crippen LogP contribution in [0.15, 0.2) is 54.6 Å². The predicted molar refractivity (Wildman–Crippen MR) is 99.4 cm³/mol. The first-order valence-electron chi connectivity index (χ1n) is 8.47. The Morgan fingerprint density at radius 2 is 1.72 bits per heavy atom. The summed E-state index contributed by atoms with van der Waals surface area (Å²) in [7, 11) is 0. The number of carbonyl (C=O) groups excluding carboxylic acids is 2. The molecule has 2 aromatic carbocycles. The molecule has 0 saturated heterocycles. The minimum absolute atomic E-state index is 0.127. The summed E-state index contributed by atoms with van der Waals surface area (Å²) in [5.74, 6) is -0.343. The summed E-state index contributed by atoms with van der Waals surface area (Å²) in [6, 6.07) is 16.8. The second-order valence-corrected chi connectivity index (χ2v) is 6.65. The predicted octanol–water partition coefficient (Wildman–Crippen LogP) is 3.79. The number of halogens is 1. The normalized spacial score (nSPS) is 14.6. The summed E-state index contributed by atoms with van der Waals surface area (Å²) in [6.45, 7) is 2.77. The molecule has 0 aliphatic heterocycles. The molecule has 0 unspecified atom stereocenters. The van der Waals surface area contributed by atoms with Gasteiger partial charge in [-0.25, -0.2) is 0 Å². The maximum atomic E-state index is 13.0. The molecule has 5 heteroatoms. The van der Waals surface area contributed by atoms with E-state index in [0.717, 1.165) is 11.3 Å². The molecule has 3 rings (SSSR count). The molecule has 0 heterocycles. The second kappa shape index (κ2) is 7.28. The number of hydrogen-bond acceptors (Lipinski definition) is 2. The van der Waals surface area contributed by atoms with Gasteiger partial charge in [0.2, 0.25) is 11.8 Å². The van der Waals surface area contributed by atoms with E-state index in [-0.39, 0.29) is 11.8 Å². The van der Waals surface area contributed by atoms with E-state index in [1.54, 1.807) is 11.0 Å². The molecule has 1 fully saturated rings. The highest BCUT2D eigenvalue weighted by molar-refractivity contribution is 6.31. The van der Waals surface area contributed by atoms with Crippen molar-refractivity contribution in [3.63, 3.8) is 0 Å². The molecular weight excluding hydrogens is 336 g/mol. The molecule has 0 aromatic heterocycles. The van der Waals surface area contributed by atoms with Gasteiger partial charge in [-0.3, -0.25) is 9.59 Å². The molecular formula is C20H21ClN2O2. The van der Waals surface area contributed by atoms with Gasteiger partial charge in [-0.05, 0) is 43.5 Å². The van der Waals surface area contributed by atoms with Gasteiger partial charge < -0.3 is 10.2 Å². The molecule has 0 atom stereocenters. The third-order valence-corrected chi connectivity index (χ3v) is 4.99. The average molecular weight is 357 g/mol. The molecule has 0 bridgehead atoms. The lowest BCUT2D eigenvalue weighted by Gasteiger charge is -2.26. The van der Waals surface area contributed by atoms with Crippen LogP contribution in [-0.2, 0) is 16.1 Å². The Morgan fingerprint density at radius 1 is 1.08 bits per heavy atom. The van der Waals surface area contributed by atoms with Gasteiger partial charge in [0.15, 0.2) is 0 Å². The average Bonchev–Trinajstić information content (AvgIpc) is 3.44. The Hall–Kier alpha value is -2.33. The second-order valence-electron chi connectivity index (χ2n) is 6.24.